The number of hydrogen-bond acceptors (Lipinski definition) is 7. The first kappa shape index (κ1) is 13.9. The molecule has 0 aliphatic heterocycles. The molecule has 7 nitrogen and oxygen atoms in total. The maximum absolute atomic E-state index is 5.71. The molecule has 3 rings (SSSR count). The Balaban J connectivity index is 2.07. The second-order valence-electron chi connectivity index (χ2n) is 4.43. The predicted molar refractivity (Wildman–Crippen MR) is 81.4 cm³/mol. The van der Waals surface area contributed by atoms with E-state index in [1.54, 1.807) is 38.6 Å². The zero-order chi connectivity index (χ0) is 15.5. The third-order valence-electron chi connectivity index (χ3n) is 3.06. The van der Waals surface area contributed by atoms with E-state index >= 15 is 0 Å². The number of nitrogens with two attached hydrogens (primary N) is 1. The second kappa shape index (κ2) is 5.72. The molecule has 1 aromatic carbocycles. The van der Waals surface area contributed by atoms with Crippen LogP contribution >= 0.6 is 0 Å². The van der Waals surface area contributed by atoms with Gasteiger partial charge in [-0.25, -0.2) is 9.97 Å². The monoisotopic (exact) mass is 298 g/mol. The molecule has 112 valence electrons. The van der Waals surface area contributed by atoms with Crippen LogP contribution < -0.4 is 19.9 Å². The third kappa shape index (κ3) is 2.56. The summed E-state index contributed by atoms with van der Waals surface area (Å²) in [6, 6.07) is 5.52. The maximum Gasteiger partial charge on any atom is 0.322 e. The number of pyridine rings is 1. The largest absolute Gasteiger partial charge is 0.493 e. The molecule has 0 spiro atoms. The standard InChI is InChI=1S/C15H14N4O3/c1-20-13-5-10-11(6-14(13)21-2)17-4-3-12(10)22-15-18-7-9(16)8-19-15/h3-8H,16H2,1-2H3. The molecule has 0 atom stereocenters. The Kier molecular flexibility index (Phi) is 3.61. The molecular formula is C15H14N4O3. The van der Waals surface area contributed by atoms with Gasteiger partial charge in [0.2, 0.25) is 0 Å². The van der Waals surface area contributed by atoms with Crippen molar-refractivity contribution >= 4 is 16.6 Å². The Morgan fingerprint density at radius 3 is 2.27 bits per heavy atom. The van der Waals surface area contributed by atoms with Crippen molar-refractivity contribution in [3.8, 4) is 23.3 Å². The van der Waals surface area contributed by atoms with E-state index in [1.165, 1.54) is 12.4 Å². The molecule has 22 heavy (non-hydrogen) atoms. The van der Waals surface area contributed by atoms with Crippen LogP contribution in [0.1, 0.15) is 0 Å². The second-order valence-corrected chi connectivity index (χ2v) is 4.43. The van der Waals surface area contributed by atoms with Gasteiger partial charge in [0.1, 0.15) is 5.75 Å². The van der Waals surface area contributed by atoms with Crippen LogP contribution in [0.25, 0.3) is 10.9 Å². The summed E-state index contributed by atoms with van der Waals surface area (Å²) in [7, 11) is 3.15. The number of aromatic nitrogens is 3. The van der Waals surface area contributed by atoms with Crippen LogP contribution in [0.2, 0.25) is 0 Å². The first-order chi connectivity index (χ1) is 10.7. The quantitative estimate of drug-likeness (QED) is 0.790. The van der Waals surface area contributed by atoms with E-state index in [4.69, 9.17) is 19.9 Å². The summed E-state index contributed by atoms with van der Waals surface area (Å²) in [5.41, 5.74) is 6.74. The van der Waals surface area contributed by atoms with Crippen molar-refractivity contribution in [2.45, 2.75) is 0 Å². The SMILES string of the molecule is COc1cc2nccc(Oc3ncc(N)cn3)c2cc1OC. The molecular weight excluding hydrogens is 284 g/mol. The number of fused-ring (bicyclic) bond motifs is 1. The Morgan fingerprint density at radius 1 is 0.909 bits per heavy atom. The number of nitrogens with zero attached hydrogens (tertiary/aromatic N) is 3. The minimum atomic E-state index is 0.205. The van der Waals surface area contributed by atoms with Crippen molar-refractivity contribution in [2.75, 3.05) is 20.0 Å². The van der Waals surface area contributed by atoms with Gasteiger partial charge in [-0.15, -0.1) is 0 Å². The normalized spacial score (nSPS) is 10.5. The summed E-state index contributed by atoms with van der Waals surface area (Å²) in [5.74, 6) is 1.75. The molecule has 0 saturated carbocycles. The molecule has 0 radical (unpaired) electrons. The Morgan fingerprint density at radius 2 is 1.59 bits per heavy atom. The summed E-state index contributed by atoms with van der Waals surface area (Å²) in [5, 5.41) is 0.764. The Hall–Kier alpha value is -3.09. The highest BCUT2D eigenvalue weighted by Crippen LogP contribution is 2.36. The Bertz CT molecular complexity index is 806. The van der Waals surface area contributed by atoms with Crippen LogP contribution in [0, 0.1) is 0 Å². The third-order valence-corrected chi connectivity index (χ3v) is 3.06. The van der Waals surface area contributed by atoms with Crippen LogP contribution in [-0.4, -0.2) is 29.2 Å². The van der Waals surface area contributed by atoms with Gasteiger partial charge in [0.15, 0.2) is 11.5 Å². The van der Waals surface area contributed by atoms with Crippen LogP contribution in [0.5, 0.6) is 23.3 Å². The summed E-state index contributed by atoms with van der Waals surface area (Å²) in [6.07, 6.45) is 4.60. The Labute approximate surface area is 126 Å². The molecule has 2 N–H and O–H groups in total. The molecule has 0 saturated heterocycles. The van der Waals surface area contributed by atoms with Crippen molar-refractivity contribution in [1.29, 1.82) is 0 Å². The van der Waals surface area contributed by atoms with Crippen LogP contribution in [-0.2, 0) is 0 Å². The number of hydrogen-bond donors (Lipinski definition) is 1. The molecule has 0 fully saturated rings. The topological polar surface area (TPSA) is 92.4 Å². The zero-order valence-electron chi connectivity index (χ0n) is 12.1. The average molecular weight is 298 g/mol. The molecule has 2 heterocycles. The fraction of sp³-hybridized carbons (Fsp3) is 0.133. The molecule has 3 aromatic rings. The lowest BCUT2D eigenvalue weighted by molar-refractivity contribution is 0.355. The number of ether oxygens (including phenoxy) is 3. The van der Waals surface area contributed by atoms with Crippen LogP contribution in [0.4, 0.5) is 5.69 Å². The lowest BCUT2D eigenvalue weighted by Crippen LogP contribution is -1.96. The van der Waals surface area contributed by atoms with E-state index in [-0.39, 0.29) is 6.01 Å². The van der Waals surface area contributed by atoms with Crippen molar-refractivity contribution in [1.82, 2.24) is 15.0 Å². The summed E-state index contributed by atoms with van der Waals surface area (Å²) >= 11 is 0. The van der Waals surface area contributed by atoms with Crippen molar-refractivity contribution in [3.05, 3.63) is 36.8 Å². The van der Waals surface area contributed by atoms with E-state index in [1.807, 2.05) is 0 Å². The highest BCUT2D eigenvalue weighted by Gasteiger charge is 2.11. The zero-order valence-corrected chi connectivity index (χ0v) is 12.1. The summed E-state index contributed by atoms with van der Waals surface area (Å²) < 4.78 is 16.3. The number of anilines is 1. The summed E-state index contributed by atoms with van der Waals surface area (Å²) in [6.45, 7) is 0. The van der Waals surface area contributed by atoms with E-state index in [2.05, 4.69) is 15.0 Å². The van der Waals surface area contributed by atoms with Gasteiger partial charge in [-0.05, 0) is 12.1 Å². The molecule has 0 unspecified atom stereocenters. The lowest BCUT2D eigenvalue weighted by Gasteiger charge is -2.11. The van der Waals surface area contributed by atoms with Gasteiger partial charge in [0, 0.05) is 17.6 Å². The minimum absolute atomic E-state index is 0.205. The highest BCUT2D eigenvalue weighted by atomic mass is 16.5. The molecule has 0 aliphatic rings. The lowest BCUT2D eigenvalue weighted by atomic mass is 10.2. The van der Waals surface area contributed by atoms with E-state index in [0.717, 1.165) is 5.39 Å². The number of benzene rings is 1. The first-order valence-electron chi connectivity index (χ1n) is 6.47. The number of nitrogen functional groups attached to an aromatic ring is 1. The molecule has 0 aliphatic carbocycles. The van der Waals surface area contributed by atoms with Gasteiger partial charge in [-0.1, -0.05) is 0 Å². The molecule has 7 heteroatoms. The number of methoxy groups -OCH3 is 2. The predicted octanol–water partition coefficient (Wildman–Crippen LogP) is 2.42. The highest BCUT2D eigenvalue weighted by molar-refractivity contribution is 5.88. The summed E-state index contributed by atoms with van der Waals surface area (Å²) in [4.78, 5) is 12.3. The van der Waals surface area contributed by atoms with Crippen LogP contribution in [0.3, 0.4) is 0 Å². The van der Waals surface area contributed by atoms with E-state index in [0.29, 0.717) is 28.5 Å². The van der Waals surface area contributed by atoms with Crippen LogP contribution in [0.15, 0.2) is 36.8 Å². The molecule has 2 aromatic heterocycles. The fourth-order valence-corrected chi connectivity index (χ4v) is 2.01. The number of rotatable bonds is 4. The smallest absolute Gasteiger partial charge is 0.322 e. The van der Waals surface area contributed by atoms with Gasteiger partial charge < -0.3 is 19.9 Å². The molecule has 0 bridgehead atoms. The maximum atomic E-state index is 5.71. The van der Waals surface area contributed by atoms with Crippen molar-refractivity contribution in [3.63, 3.8) is 0 Å². The van der Waals surface area contributed by atoms with Gasteiger partial charge in [-0.3, -0.25) is 4.98 Å². The fourth-order valence-electron chi connectivity index (χ4n) is 2.01. The van der Waals surface area contributed by atoms with E-state index < -0.39 is 0 Å². The van der Waals surface area contributed by atoms with Crippen molar-refractivity contribution in [2.24, 2.45) is 0 Å². The average Bonchev–Trinajstić information content (AvgIpc) is 2.56. The minimum Gasteiger partial charge on any atom is -0.493 e. The van der Waals surface area contributed by atoms with Gasteiger partial charge in [0.05, 0.1) is 37.8 Å². The van der Waals surface area contributed by atoms with Gasteiger partial charge in [-0.2, -0.15) is 0 Å². The van der Waals surface area contributed by atoms with Gasteiger partial charge >= 0.3 is 6.01 Å². The first-order valence-corrected chi connectivity index (χ1v) is 6.47. The van der Waals surface area contributed by atoms with E-state index in [9.17, 15) is 0 Å². The van der Waals surface area contributed by atoms with Gasteiger partial charge in [0.25, 0.3) is 0 Å². The molecule has 0 amide bonds. The van der Waals surface area contributed by atoms with Crippen molar-refractivity contribution < 1.29 is 14.2 Å².